The second-order valence-corrected chi connectivity index (χ2v) is 16.5. The smallest absolute Gasteiger partial charge is 0.0789 e. The zero-order chi connectivity index (χ0) is 40.7. The fourth-order valence-electron chi connectivity index (χ4n) is 10.3. The van der Waals surface area contributed by atoms with Crippen molar-refractivity contribution in [3.8, 4) is 66.8 Å². The van der Waals surface area contributed by atoms with Gasteiger partial charge >= 0.3 is 0 Å². The van der Waals surface area contributed by atoms with Gasteiger partial charge in [-0.1, -0.05) is 170 Å². The van der Waals surface area contributed by atoms with Crippen molar-refractivity contribution < 1.29 is 0 Å². The first kappa shape index (κ1) is 34.6. The van der Waals surface area contributed by atoms with Crippen molar-refractivity contribution in [3.05, 3.63) is 231 Å². The summed E-state index contributed by atoms with van der Waals surface area (Å²) in [7, 11) is 0. The summed E-state index contributed by atoms with van der Waals surface area (Å²) in [5.74, 6) is 0. The zero-order valence-corrected chi connectivity index (χ0v) is 33.8. The van der Waals surface area contributed by atoms with Crippen molar-refractivity contribution in [1.29, 1.82) is 0 Å². The van der Waals surface area contributed by atoms with Crippen LogP contribution in [-0.4, -0.2) is 8.80 Å². The normalized spacial score (nSPS) is 11.9. The fraction of sp³-hybridized carbons (Fsp3) is 0. The molecule has 62 heavy (non-hydrogen) atoms. The molecular weight excluding hydrogens is 749 g/mol. The molecule has 0 atom stereocenters. The Balaban J connectivity index is 1.13. The molecule has 13 rings (SSSR count). The van der Waals surface area contributed by atoms with E-state index in [0.717, 1.165) is 0 Å². The molecule has 3 aromatic heterocycles. The number of benzene rings is 10. The Morgan fingerprint density at radius 2 is 0.500 bits per heavy atom. The van der Waals surface area contributed by atoms with Gasteiger partial charge in [0.2, 0.25) is 0 Å². The van der Waals surface area contributed by atoms with Gasteiger partial charge in [-0.2, -0.15) is 0 Å². The molecule has 0 bridgehead atoms. The average molecular weight is 787 g/mol. The number of rotatable bonds is 6. The molecule has 0 fully saturated rings. The van der Waals surface area contributed by atoms with E-state index in [2.05, 4.69) is 239 Å². The van der Waals surface area contributed by atoms with E-state index in [1.165, 1.54) is 121 Å². The van der Waals surface area contributed by atoms with E-state index < -0.39 is 0 Å². The number of nitrogens with zero attached hydrogens (tertiary/aromatic N) is 2. The third-order valence-electron chi connectivity index (χ3n) is 13.0. The van der Waals surface area contributed by atoms with E-state index in [1.54, 1.807) is 0 Å². The summed E-state index contributed by atoms with van der Waals surface area (Å²) in [4.78, 5) is 0. The second kappa shape index (κ2) is 13.7. The molecule has 0 aliphatic heterocycles. The molecule has 0 aliphatic rings. The lowest BCUT2D eigenvalue weighted by Gasteiger charge is -2.16. The fourth-order valence-corrected chi connectivity index (χ4v) is 10.3. The monoisotopic (exact) mass is 786 g/mol. The van der Waals surface area contributed by atoms with Crippen LogP contribution in [-0.2, 0) is 0 Å². The zero-order valence-electron chi connectivity index (χ0n) is 33.8. The molecule has 0 saturated carbocycles. The Kier molecular flexibility index (Phi) is 7.64. The van der Waals surface area contributed by atoms with Gasteiger partial charge in [-0.3, -0.25) is 0 Å². The van der Waals surface area contributed by atoms with E-state index >= 15 is 0 Å². The van der Waals surface area contributed by atoms with Gasteiger partial charge in [0.15, 0.2) is 0 Å². The van der Waals surface area contributed by atoms with Crippen molar-refractivity contribution in [1.82, 2.24) is 8.80 Å². The van der Waals surface area contributed by atoms with Gasteiger partial charge < -0.3 is 8.80 Å². The Morgan fingerprint density at radius 1 is 0.210 bits per heavy atom. The average Bonchev–Trinajstić information content (AvgIpc) is 3.89. The van der Waals surface area contributed by atoms with Crippen molar-refractivity contribution >= 4 is 54.6 Å². The molecule has 3 heterocycles. The van der Waals surface area contributed by atoms with Crippen LogP contribution in [0.1, 0.15) is 0 Å². The highest BCUT2D eigenvalue weighted by molar-refractivity contribution is 6.26. The Hall–Kier alpha value is -8.20. The number of fused-ring (bicyclic) bond motifs is 8. The predicted molar refractivity (Wildman–Crippen MR) is 262 cm³/mol. The number of hydrogen-bond acceptors (Lipinski definition) is 0. The summed E-state index contributed by atoms with van der Waals surface area (Å²) in [6.45, 7) is 0. The van der Waals surface area contributed by atoms with Crippen molar-refractivity contribution in [2.45, 2.75) is 0 Å². The molecule has 0 N–H and O–H groups in total. The molecule has 0 unspecified atom stereocenters. The lowest BCUT2D eigenvalue weighted by atomic mass is 9.91. The molecule has 13 aromatic rings. The Morgan fingerprint density at radius 3 is 0.839 bits per heavy atom. The number of para-hydroxylation sites is 2. The van der Waals surface area contributed by atoms with Gasteiger partial charge in [-0.15, -0.1) is 0 Å². The quantitative estimate of drug-likeness (QED) is 0.148. The van der Waals surface area contributed by atoms with Crippen LogP contribution < -0.4 is 0 Å². The van der Waals surface area contributed by atoms with Crippen molar-refractivity contribution in [2.75, 3.05) is 0 Å². The van der Waals surface area contributed by atoms with Gasteiger partial charge in [0, 0.05) is 21.5 Å². The highest BCUT2D eigenvalue weighted by atomic mass is 15.0. The molecule has 0 spiro atoms. The van der Waals surface area contributed by atoms with Crippen LogP contribution in [0.5, 0.6) is 0 Å². The van der Waals surface area contributed by atoms with Crippen LogP contribution in [0.3, 0.4) is 0 Å². The summed E-state index contributed by atoms with van der Waals surface area (Å²) >= 11 is 0. The van der Waals surface area contributed by atoms with E-state index in [9.17, 15) is 0 Å². The SMILES string of the molecule is c1ccc(-c2cc(-c3ccccc3)cc(-c3ccc4c5c3c3ccccc3n5c3ccc(-c5cc(-c6ccccc6)cc(-c6ccccc6)c5)c5c6ccccc6n4c53)c2)cc1. The molecule has 0 saturated heterocycles. The molecule has 0 amide bonds. The molecule has 2 nitrogen and oxygen atoms in total. The molecule has 10 aromatic carbocycles. The molecule has 2 heteroatoms. The van der Waals surface area contributed by atoms with E-state index in [-0.39, 0.29) is 0 Å². The topological polar surface area (TPSA) is 8.82 Å². The highest BCUT2D eigenvalue weighted by Gasteiger charge is 2.25. The number of aromatic nitrogens is 2. The minimum absolute atomic E-state index is 1.20. The maximum absolute atomic E-state index is 2.55. The van der Waals surface area contributed by atoms with Crippen LogP contribution in [0.4, 0.5) is 0 Å². The first-order chi connectivity index (χ1) is 30.8. The van der Waals surface area contributed by atoms with Gasteiger partial charge in [0.25, 0.3) is 0 Å². The van der Waals surface area contributed by atoms with E-state index in [4.69, 9.17) is 0 Å². The van der Waals surface area contributed by atoms with Crippen LogP contribution in [0.25, 0.3) is 121 Å². The molecule has 0 aliphatic carbocycles. The van der Waals surface area contributed by atoms with Crippen LogP contribution >= 0.6 is 0 Å². The summed E-state index contributed by atoms with van der Waals surface area (Å²) in [6, 6.07) is 84.7. The van der Waals surface area contributed by atoms with Gasteiger partial charge in [-0.05, 0) is 127 Å². The third kappa shape index (κ3) is 5.23. The van der Waals surface area contributed by atoms with Crippen LogP contribution in [0, 0.1) is 0 Å². The summed E-state index contributed by atoms with van der Waals surface area (Å²) in [6.07, 6.45) is 0. The lowest BCUT2D eigenvalue weighted by molar-refractivity contribution is 1.26. The van der Waals surface area contributed by atoms with E-state index in [1.807, 2.05) is 0 Å². The first-order valence-corrected chi connectivity index (χ1v) is 21.4. The van der Waals surface area contributed by atoms with Gasteiger partial charge in [0.1, 0.15) is 0 Å². The van der Waals surface area contributed by atoms with Crippen molar-refractivity contribution in [3.63, 3.8) is 0 Å². The molecule has 288 valence electrons. The maximum Gasteiger partial charge on any atom is 0.0789 e. The van der Waals surface area contributed by atoms with E-state index in [0.29, 0.717) is 0 Å². The summed E-state index contributed by atoms with van der Waals surface area (Å²) in [5, 5.41) is 5.04. The Labute approximate surface area is 359 Å². The van der Waals surface area contributed by atoms with Crippen molar-refractivity contribution in [2.24, 2.45) is 0 Å². The summed E-state index contributed by atoms with van der Waals surface area (Å²) < 4.78 is 5.09. The first-order valence-electron chi connectivity index (χ1n) is 21.4. The third-order valence-corrected chi connectivity index (χ3v) is 13.0. The summed E-state index contributed by atoms with van der Waals surface area (Å²) in [5.41, 5.74) is 21.8. The second-order valence-electron chi connectivity index (χ2n) is 16.5. The largest absolute Gasteiger partial charge is 0.305 e. The minimum atomic E-state index is 1.20. The lowest BCUT2D eigenvalue weighted by Crippen LogP contribution is -1.98. The molecule has 0 radical (unpaired) electrons. The predicted octanol–water partition coefficient (Wildman–Crippen LogP) is 16.2. The van der Waals surface area contributed by atoms with Crippen LogP contribution in [0.2, 0.25) is 0 Å². The van der Waals surface area contributed by atoms with Crippen LogP contribution in [0.15, 0.2) is 231 Å². The standard InChI is InChI=1S/C60H38N2/c1-5-17-39(18-6-1)43-33-44(40-19-7-2-8-20-40)36-47(35-43)49-29-31-55-59-57(49)51-25-13-15-27-53(51)61(59)56-32-30-50(58-52-26-14-16-28-54(52)62(55)60(56)58)48-37-45(41-21-9-3-10-22-41)34-46(38-48)42-23-11-4-12-24-42/h1-38H. The van der Waals surface area contributed by atoms with Gasteiger partial charge in [-0.25, -0.2) is 0 Å². The number of hydrogen-bond donors (Lipinski definition) is 0. The Bertz CT molecular complexity index is 3450. The molecular formula is C60H38N2. The minimum Gasteiger partial charge on any atom is -0.305 e. The highest BCUT2D eigenvalue weighted by Crippen LogP contribution is 2.47. The van der Waals surface area contributed by atoms with Gasteiger partial charge in [0.05, 0.1) is 33.1 Å². The maximum atomic E-state index is 2.55.